The second-order valence-electron chi connectivity index (χ2n) is 6.21. The number of hydrogen-bond acceptors (Lipinski definition) is 4. The summed E-state index contributed by atoms with van der Waals surface area (Å²) in [6.07, 6.45) is 3.53. The number of pyridine rings is 1. The zero-order valence-corrected chi connectivity index (χ0v) is 14.3. The number of rotatable bonds is 3. The molecule has 0 radical (unpaired) electrons. The third kappa shape index (κ3) is 4.88. The molecule has 5 nitrogen and oxygen atoms in total. The summed E-state index contributed by atoms with van der Waals surface area (Å²) in [5, 5.41) is 3.28. The molecule has 1 aromatic heterocycles. The zero-order chi connectivity index (χ0) is 15.5. The largest absolute Gasteiger partial charge is 0.444 e. The van der Waals surface area contributed by atoms with Gasteiger partial charge in [-0.25, -0.2) is 9.78 Å². The summed E-state index contributed by atoms with van der Waals surface area (Å²) in [4.78, 5) is 18.3. The predicted octanol–water partition coefficient (Wildman–Crippen LogP) is 3.66. The van der Waals surface area contributed by atoms with Gasteiger partial charge in [-0.2, -0.15) is 0 Å². The van der Waals surface area contributed by atoms with E-state index in [4.69, 9.17) is 4.74 Å². The van der Waals surface area contributed by atoms with Crippen molar-refractivity contribution in [2.75, 3.05) is 18.4 Å². The summed E-state index contributed by atoms with van der Waals surface area (Å²) in [6, 6.07) is 4.01. The molecule has 2 rings (SSSR count). The highest BCUT2D eigenvalue weighted by molar-refractivity contribution is 9.10. The van der Waals surface area contributed by atoms with Crippen LogP contribution in [-0.2, 0) is 4.74 Å². The number of halogens is 1. The van der Waals surface area contributed by atoms with Crippen LogP contribution >= 0.6 is 15.9 Å². The SMILES string of the molecule is CC(C)(C)OC(=O)N1CCC[C@@H]1CNc1ccc(Br)cn1. The Labute approximate surface area is 134 Å². The minimum Gasteiger partial charge on any atom is -0.444 e. The number of hydrogen-bond donors (Lipinski definition) is 1. The van der Waals surface area contributed by atoms with Gasteiger partial charge in [0.25, 0.3) is 0 Å². The van der Waals surface area contributed by atoms with E-state index in [0.717, 1.165) is 29.7 Å². The van der Waals surface area contributed by atoms with Crippen LogP contribution in [0.1, 0.15) is 33.6 Å². The summed E-state index contributed by atoms with van der Waals surface area (Å²) >= 11 is 3.36. The first-order chi connectivity index (χ1) is 9.85. The lowest BCUT2D eigenvalue weighted by Crippen LogP contribution is -2.42. The van der Waals surface area contributed by atoms with E-state index in [2.05, 4.69) is 26.2 Å². The number of nitrogens with one attached hydrogen (secondary N) is 1. The molecule has 6 heteroatoms. The van der Waals surface area contributed by atoms with E-state index in [1.807, 2.05) is 37.8 Å². The number of carbonyl (C=O) groups is 1. The monoisotopic (exact) mass is 355 g/mol. The Morgan fingerprint density at radius 2 is 2.29 bits per heavy atom. The van der Waals surface area contributed by atoms with E-state index in [1.165, 1.54) is 0 Å². The van der Waals surface area contributed by atoms with Gasteiger partial charge >= 0.3 is 6.09 Å². The molecule has 1 N–H and O–H groups in total. The maximum atomic E-state index is 12.2. The first-order valence-corrected chi connectivity index (χ1v) is 7.99. The van der Waals surface area contributed by atoms with Crippen molar-refractivity contribution >= 4 is 27.8 Å². The van der Waals surface area contributed by atoms with Crippen LogP contribution in [0.3, 0.4) is 0 Å². The van der Waals surface area contributed by atoms with Crippen molar-refractivity contribution in [1.82, 2.24) is 9.88 Å². The highest BCUT2D eigenvalue weighted by Gasteiger charge is 2.31. The number of likely N-dealkylation sites (tertiary alicyclic amines) is 1. The predicted molar refractivity (Wildman–Crippen MR) is 86.4 cm³/mol. The molecule has 1 saturated heterocycles. The van der Waals surface area contributed by atoms with E-state index in [0.29, 0.717) is 6.54 Å². The van der Waals surface area contributed by atoms with Crippen LogP contribution in [0, 0.1) is 0 Å². The van der Waals surface area contributed by atoms with E-state index >= 15 is 0 Å². The van der Waals surface area contributed by atoms with Gasteiger partial charge < -0.3 is 15.0 Å². The number of nitrogens with zero attached hydrogens (tertiary/aromatic N) is 2. The molecule has 116 valence electrons. The van der Waals surface area contributed by atoms with Crippen molar-refractivity contribution < 1.29 is 9.53 Å². The molecular formula is C15H22BrN3O2. The van der Waals surface area contributed by atoms with Gasteiger partial charge in [0.05, 0.1) is 6.04 Å². The Morgan fingerprint density at radius 1 is 1.52 bits per heavy atom. The molecule has 1 fully saturated rings. The number of amides is 1. The Bertz CT molecular complexity index is 485. The lowest BCUT2D eigenvalue weighted by atomic mass is 10.2. The fourth-order valence-corrected chi connectivity index (χ4v) is 2.55. The van der Waals surface area contributed by atoms with Crippen LogP contribution in [0.4, 0.5) is 10.6 Å². The van der Waals surface area contributed by atoms with Gasteiger partial charge in [-0.1, -0.05) is 0 Å². The highest BCUT2D eigenvalue weighted by atomic mass is 79.9. The van der Waals surface area contributed by atoms with Crippen molar-refractivity contribution in [1.29, 1.82) is 0 Å². The molecular weight excluding hydrogens is 334 g/mol. The fraction of sp³-hybridized carbons (Fsp3) is 0.600. The van der Waals surface area contributed by atoms with Gasteiger partial charge in [0.1, 0.15) is 11.4 Å². The molecule has 1 aliphatic heterocycles. The minimum atomic E-state index is -0.453. The smallest absolute Gasteiger partial charge is 0.410 e. The van der Waals surface area contributed by atoms with E-state index < -0.39 is 5.60 Å². The second kappa shape index (κ2) is 6.64. The average Bonchev–Trinajstić information content (AvgIpc) is 2.84. The first-order valence-electron chi connectivity index (χ1n) is 7.20. The molecule has 21 heavy (non-hydrogen) atoms. The van der Waals surface area contributed by atoms with Crippen LogP contribution in [0.2, 0.25) is 0 Å². The molecule has 1 amide bonds. The molecule has 1 aliphatic rings. The van der Waals surface area contributed by atoms with Crippen molar-refractivity contribution in [3.05, 3.63) is 22.8 Å². The van der Waals surface area contributed by atoms with Crippen molar-refractivity contribution in [3.63, 3.8) is 0 Å². The van der Waals surface area contributed by atoms with Crippen LogP contribution < -0.4 is 5.32 Å². The number of aromatic nitrogens is 1. The Balaban J connectivity index is 1.90. The van der Waals surface area contributed by atoms with Crippen LogP contribution in [0.25, 0.3) is 0 Å². The van der Waals surface area contributed by atoms with Crippen molar-refractivity contribution in [3.8, 4) is 0 Å². The second-order valence-corrected chi connectivity index (χ2v) is 7.13. The molecule has 0 aromatic carbocycles. The lowest BCUT2D eigenvalue weighted by Gasteiger charge is -2.28. The fourth-order valence-electron chi connectivity index (χ4n) is 2.31. The number of anilines is 1. The molecule has 1 atom stereocenters. The number of ether oxygens (including phenoxy) is 1. The quantitative estimate of drug-likeness (QED) is 0.898. The van der Waals surface area contributed by atoms with Crippen molar-refractivity contribution in [2.24, 2.45) is 0 Å². The Hall–Kier alpha value is -1.30. The zero-order valence-electron chi connectivity index (χ0n) is 12.7. The summed E-state index contributed by atoms with van der Waals surface area (Å²) < 4.78 is 6.41. The summed E-state index contributed by atoms with van der Waals surface area (Å²) in [7, 11) is 0. The van der Waals surface area contributed by atoms with Crippen LogP contribution in [0.15, 0.2) is 22.8 Å². The van der Waals surface area contributed by atoms with Gasteiger partial charge in [0.2, 0.25) is 0 Å². The van der Waals surface area contributed by atoms with Gasteiger partial charge in [-0.3, -0.25) is 0 Å². The van der Waals surface area contributed by atoms with Crippen molar-refractivity contribution in [2.45, 2.75) is 45.3 Å². The molecule has 0 spiro atoms. The molecule has 0 aliphatic carbocycles. The maximum absolute atomic E-state index is 12.2. The molecule has 1 aromatic rings. The first kappa shape index (κ1) is 16.1. The van der Waals surface area contributed by atoms with E-state index in [-0.39, 0.29) is 12.1 Å². The molecule has 2 heterocycles. The lowest BCUT2D eigenvalue weighted by molar-refractivity contribution is 0.0235. The third-order valence-corrected chi connectivity index (χ3v) is 3.72. The normalized spacial score (nSPS) is 18.7. The van der Waals surface area contributed by atoms with Gasteiger partial charge in [-0.05, 0) is 61.7 Å². The van der Waals surface area contributed by atoms with Crippen LogP contribution in [0.5, 0.6) is 0 Å². The van der Waals surface area contributed by atoms with Gasteiger partial charge in [0, 0.05) is 23.8 Å². The average molecular weight is 356 g/mol. The Morgan fingerprint density at radius 3 is 2.90 bits per heavy atom. The summed E-state index contributed by atoms with van der Waals surface area (Å²) in [5.41, 5.74) is -0.453. The minimum absolute atomic E-state index is 0.158. The van der Waals surface area contributed by atoms with Gasteiger partial charge in [-0.15, -0.1) is 0 Å². The maximum Gasteiger partial charge on any atom is 0.410 e. The van der Waals surface area contributed by atoms with E-state index in [9.17, 15) is 4.79 Å². The topological polar surface area (TPSA) is 54.5 Å². The summed E-state index contributed by atoms with van der Waals surface area (Å²) in [6.45, 7) is 7.11. The molecule has 0 bridgehead atoms. The summed E-state index contributed by atoms with van der Waals surface area (Å²) in [5.74, 6) is 0.814. The molecule has 0 saturated carbocycles. The number of carbonyl (C=O) groups excluding carboxylic acids is 1. The Kier molecular flexibility index (Phi) is 5.08. The third-order valence-electron chi connectivity index (χ3n) is 3.25. The standard InChI is InChI=1S/C15H22BrN3O2/c1-15(2,3)21-14(20)19-8-4-5-12(19)10-18-13-7-6-11(16)9-17-13/h6-7,9,12H,4-5,8,10H2,1-3H3,(H,17,18)/t12-/m1/s1. The molecule has 0 unspecified atom stereocenters. The van der Waals surface area contributed by atoms with Gasteiger partial charge in [0.15, 0.2) is 0 Å². The highest BCUT2D eigenvalue weighted by Crippen LogP contribution is 2.21. The van der Waals surface area contributed by atoms with Crippen LogP contribution in [-0.4, -0.2) is 40.7 Å². The van der Waals surface area contributed by atoms with E-state index in [1.54, 1.807) is 6.20 Å².